The van der Waals surface area contributed by atoms with Crippen LogP contribution in [-0.2, 0) is 9.59 Å². The van der Waals surface area contributed by atoms with Gasteiger partial charge in [-0.05, 0) is 13.3 Å². The molecule has 0 fully saturated rings. The van der Waals surface area contributed by atoms with Crippen molar-refractivity contribution < 1.29 is 19.5 Å². The molecule has 0 aromatic heterocycles. The summed E-state index contributed by atoms with van der Waals surface area (Å²) >= 11 is 0. The van der Waals surface area contributed by atoms with Crippen molar-refractivity contribution in [3.63, 3.8) is 0 Å². The van der Waals surface area contributed by atoms with Crippen LogP contribution in [0, 0.1) is 0 Å². The highest BCUT2D eigenvalue weighted by Crippen LogP contribution is 2.12. The monoisotopic (exact) mass is 245 g/mol. The van der Waals surface area contributed by atoms with Crippen LogP contribution in [0.15, 0.2) is 0 Å². The standard InChI is InChI=1S/C10H19N3O4/c1-4-5-10(2,8(15)16)12-9(17)13(3)6-7(11)14/h4-6H2,1-3H3,(H2,11,14)(H,12,17)(H,15,16). The topological polar surface area (TPSA) is 113 Å². The van der Waals surface area contributed by atoms with Crippen LogP contribution in [0.3, 0.4) is 0 Å². The minimum atomic E-state index is -1.34. The summed E-state index contributed by atoms with van der Waals surface area (Å²) in [5.41, 5.74) is 3.60. The van der Waals surface area contributed by atoms with Gasteiger partial charge in [-0.2, -0.15) is 0 Å². The number of primary amides is 1. The maximum Gasteiger partial charge on any atom is 0.329 e. The molecule has 0 aliphatic carbocycles. The van der Waals surface area contributed by atoms with Crippen LogP contribution in [0.1, 0.15) is 26.7 Å². The third-order valence-electron chi connectivity index (χ3n) is 2.34. The van der Waals surface area contributed by atoms with Crippen molar-refractivity contribution in [2.75, 3.05) is 13.6 Å². The van der Waals surface area contributed by atoms with Crippen LogP contribution < -0.4 is 11.1 Å². The summed E-state index contributed by atoms with van der Waals surface area (Å²) in [6.45, 7) is 2.99. The van der Waals surface area contributed by atoms with Gasteiger partial charge in [0.1, 0.15) is 12.1 Å². The van der Waals surface area contributed by atoms with E-state index in [0.29, 0.717) is 12.8 Å². The van der Waals surface area contributed by atoms with E-state index in [0.717, 1.165) is 4.90 Å². The van der Waals surface area contributed by atoms with Crippen LogP contribution in [0.4, 0.5) is 4.79 Å². The summed E-state index contributed by atoms with van der Waals surface area (Å²) < 4.78 is 0. The Morgan fingerprint density at radius 2 is 1.94 bits per heavy atom. The molecule has 1 atom stereocenters. The third-order valence-corrected chi connectivity index (χ3v) is 2.34. The summed E-state index contributed by atoms with van der Waals surface area (Å²) in [6, 6.07) is -0.637. The Morgan fingerprint density at radius 3 is 2.29 bits per heavy atom. The maximum absolute atomic E-state index is 11.6. The van der Waals surface area contributed by atoms with Gasteiger partial charge in [-0.25, -0.2) is 9.59 Å². The van der Waals surface area contributed by atoms with Gasteiger partial charge >= 0.3 is 12.0 Å². The lowest BCUT2D eigenvalue weighted by Gasteiger charge is -2.28. The molecule has 0 aromatic rings. The lowest BCUT2D eigenvalue weighted by atomic mass is 9.96. The molecule has 0 spiro atoms. The van der Waals surface area contributed by atoms with Crippen molar-refractivity contribution in [2.24, 2.45) is 5.73 Å². The number of hydrogen-bond donors (Lipinski definition) is 3. The number of likely N-dealkylation sites (N-methyl/N-ethyl adjacent to an activating group) is 1. The van der Waals surface area contributed by atoms with E-state index in [9.17, 15) is 14.4 Å². The van der Waals surface area contributed by atoms with Crippen molar-refractivity contribution in [3.05, 3.63) is 0 Å². The Balaban J connectivity index is 4.61. The number of amides is 3. The molecule has 0 rings (SSSR count). The van der Waals surface area contributed by atoms with Crippen LogP contribution in [0.25, 0.3) is 0 Å². The van der Waals surface area contributed by atoms with Gasteiger partial charge in [0.2, 0.25) is 5.91 Å². The lowest BCUT2D eigenvalue weighted by molar-refractivity contribution is -0.144. The van der Waals surface area contributed by atoms with Crippen molar-refractivity contribution >= 4 is 17.9 Å². The number of carboxylic acids is 1. The Bertz CT molecular complexity index is 319. The second-order valence-corrected chi connectivity index (χ2v) is 4.14. The fraction of sp³-hybridized carbons (Fsp3) is 0.700. The van der Waals surface area contributed by atoms with Crippen LogP contribution >= 0.6 is 0 Å². The molecule has 0 aromatic carbocycles. The zero-order valence-corrected chi connectivity index (χ0v) is 10.3. The highest BCUT2D eigenvalue weighted by molar-refractivity contribution is 5.88. The van der Waals surface area contributed by atoms with Crippen molar-refractivity contribution in [2.45, 2.75) is 32.2 Å². The molecule has 17 heavy (non-hydrogen) atoms. The average molecular weight is 245 g/mol. The quantitative estimate of drug-likeness (QED) is 0.599. The average Bonchev–Trinajstić information content (AvgIpc) is 2.16. The number of nitrogens with zero attached hydrogens (tertiary/aromatic N) is 1. The van der Waals surface area contributed by atoms with Gasteiger partial charge in [0.15, 0.2) is 0 Å². The molecular weight excluding hydrogens is 226 g/mol. The first kappa shape index (κ1) is 15.2. The summed E-state index contributed by atoms with van der Waals surface area (Å²) in [7, 11) is 1.37. The number of carbonyl (C=O) groups excluding carboxylic acids is 2. The van der Waals surface area contributed by atoms with E-state index in [1.165, 1.54) is 14.0 Å². The molecule has 0 bridgehead atoms. The molecule has 1 unspecified atom stereocenters. The lowest BCUT2D eigenvalue weighted by Crippen LogP contribution is -2.56. The van der Waals surface area contributed by atoms with E-state index in [1.807, 2.05) is 6.92 Å². The first-order valence-corrected chi connectivity index (χ1v) is 5.28. The molecule has 7 heteroatoms. The third kappa shape index (κ3) is 4.71. The number of carbonyl (C=O) groups is 3. The van der Waals surface area contributed by atoms with Crippen LogP contribution in [0.5, 0.6) is 0 Å². The molecule has 7 nitrogen and oxygen atoms in total. The predicted molar refractivity (Wildman–Crippen MR) is 61.3 cm³/mol. The summed E-state index contributed by atoms with van der Waals surface area (Å²) in [5.74, 6) is -1.77. The number of urea groups is 1. The number of hydrogen-bond acceptors (Lipinski definition) is 3. The normalized spacial score (nSPS) is 13.6. The highest BCUT2D eigenvalue weighted by atomic mass is 16.4. The molecule has 0 aliphatic heterocycles. The smallest absolute Gasteiger partial charge is 0.329 e. The van der Waals surface area contributed by atoms with Crippen molar-refractivity contribution in [3.8, 4) is 0 Å². The number of rotatable bonds is 6. The van der Waals surface area contributed by atoms with E-state index in [2.05, 4.69) is 5.32 Å². The zero-order valence-electron chi connectivity index (χ0n) is 10.3. The van der Waals surface area contributed by atoms with Crippen LogP contribution in [0.2, 0.25) is 0 Å². The summed E-state index contributed by atoms with van der Waals surface area (Å²) in [6.07, 6.45) is 0.918. The van der Waals surface area contributed by atoms with Gasteiger partial charge in [0.25, 0.3) is 0 Å². The molecule has 98 valence electrons. The number of nitrogens with two attached hydrogens (primary N) is 1. The zero-order chi connectivity index (χ0) is 13.6. The van der Waals surface area contributed by atoms with E-state index in [4.69, 9.17) is 10.8 Å². The Labute approximate surface area is 100.0 Å². The molecule has 3 amide bonds. The molecule has 4 N–H and O–H groups in total. The molecule has 0 aliphatic rings. The van der Waals surface area contributed by atoms with Gasteiger partial charge in [-0.15, -0.1) is 0 Å². The fourth-order valence-electron chi connectivity index (χ4n) is 1.36. The second-order valence-electron chi connectivity index (χ2n) is 4.14. The van der Waals surface area contributed by atoms with E-state index >= 15 is 0 Å². The van der Waals surface area contributed by atoms with Gasteiger partial charge in [0.05, 0.1) is 0 Å². The first-order chi connectivity index (χ1) is 7.73. The molecular formula is C10H19N3O4. The van der Waals surface area contributed by atoms with E-state index in [-0.39, 0.29) is 6.54 Å². The minimum Gasteiger partial charge on any atom is -0.480 e. The highest BCUT2D eigenvalue weighted by Gasteiger charge is 2.34. The molecule has 0 radical (unpaired) electrons. The summed E-state index contributed by atoms with van der Waals surface area (Å²) in [5, 5.41) is 11.4. The van der Waals surface area contributed by atoms with E-state index < -0.39 is 23.4 Å². The van der Waals surface area contributed by atoms with E-state index in [1.54, 1.807) is 0 Å². The SMILES string of the molecule is CCCC(C)(NC(=O)N(C)CC(N)=O)C(=O)O. The largest absolute Gasteiger partial charge is 0.480 e. The molecule has 0 saturated carbocycles. The summed E-state index contributed by atoms with van der Waals surface area (Å²) in [4.78, 5) is 34.3. The van der Waals surface area contributed by atoms with Gasteiger partial charge in [-0.3, -0.25) is 4.79 Å². The van der Waals surface area contributed by atoms with Crippen molar-refractivity contribution in [1.29, 1.82) is 0 Å². The van der Waals surface area contributed by atoms with Gasteiger partial charge < -0.3 is 21.1 Å². The van der Waals surface area contributed by atoms with Crippen molar-refractivity contribution in [1.82, 2.24) is 10.2 Å². The number of nitrogens with one attached hydrogen (secondary N) is 1. The maximum atomic E-state index is 11.6. The number of aliphatic carboxylic acids is 1. The minimum absolute atomic E-state index is 0.256. The predicted octanol–water partition coefficient (Wildman–Crippen LogP) is -0.243. The Morgan fingerprint density at radius 1 is 1.41 bits per heavy atom. The molecule has 0 heterocycles. The number of carboxylic acid groups (broad SMARTS) is 1. The first-order valence-electron chi connectivity index (χ1n) is 5.28. The van der Waals surface area contributed by atoms with Crippen LogP contribution in [-0.4, -0.2) is 47.0 Å². The Kier molecular flexibility index (Phi) is 5.43. The Hall–Kier alpha value is -1.79. The fourth-order valence-corrected chi connectivity index (χ4v) is 1.36. The van der Waals surface area contributed by atoms with Gasteiger partial charge in [-0.1, -0.05) is 13.3 Å². The van der Waals surface area contributed by atoms with Gasteiger partial charge in [0, 0.05) is 7.05 Å². The molecule has 0 saturated heterocycles. The second kappa shape index (κ2) is 6.07.